The quantitative estimate of drug-likeness (QED) is 0.599. The van der Waals surface area contributed by atoms with Gasteiger partial charge in [0.1, 0.15) is 17.9 Å². The first-order valence-electron chi connectivity index (χ1n) is 5.69. The molecule has 1 aromatic heterocycles. The summed E-state index contributed by atoms with van der Waals surface area (Å²) in [4.78, 5) is 10.4. The Hall–Kier alpha value is -2.64. The van der Waals surface area contributed by atoms with E-state index in [1.54, 1.807) is 19.3 Å². The summed E-state index contributed by atoms with van der Waals surface area (Å²) in [5.74, 6) is 0.398. The van der Waals surface area contributed by atoms with Crippen LogP contribution in [0.1, 0.15) is 5.56 Å². The molecule has 0 aliphatic rings. The highest BCUT2D eigenvalue weighted by atomic mass is 19.1. The standard InChI is InChI=1S/C12H12FN3O4/c1-15-6-5-12(14-15)19-7-9-10(16(17)18)3-2-4-11(9)20-8-13/h2-6H,7-8H2,1H3. The average molecular weight is 281 g/mol. The van der Waals surface area contributed by atoms with Crippen LogP contribution in [0.5, 0.6) is 11.6 Å². The summed E-state index contributed by atoms with van der Waals surface area (Å²) in [7, 11) is 1.72. The summed E-state index contributed by atoms with van der Waals surface area (Å²) in [6, 6.07) is 5.80. The minimum Gasteiger partial charge on any atom is -0.471 e. The first kappa shape index (κ1) is 13.8. The van der Waals surface area contributed by atoms with Crippen molar-refractivity contribution in [1.82, 2.24) is 9.78 Å². The molecule has 1 aromatic carbocycles. The number of benzene rings is 1. The number of alkyl halides is 1. The topological polar surface area (TPSA) is 79.4 Å². The summed E-state index contributed by atoms with van der Waals surface area (Å²) < 4.78 is 23.9. The Bertz CT molecular complexity index is 614. The second kappa shape index (κ2) is 6.00. The lowest BCUT2D eigenvalue weighted by atomic mass is 10.1. The molecule has 0 aliphatic carbocycles. The lowest BCUT2D eigenvalue weighted by Crippen LogP contribution is -2.05. The van der Waals surface area contributed by atoms with Gasteiger partial charge in [0.25, 0.3) is 5.69 Å². The number of aryl methyl sites for hydroxylation is 1. The fourth-order valence-corrected chi connectivity index (χ4v) is 1.68. The van der Waals surface area contributed by atoms with E-state index in [2.05, 4.69) is 5.10 Å². The molecule has 0 spiro atoms. The van der Waals surface area contributed by atoms with Gasteiger partial charge in [-0.15, -0.1) is 5.10 Å². The number of nitrogens with zero attached hydrogens (tertiary/aromatic N) is 3. The Morgan fingerprint density at radius 1 is 1.40 bits per heavy atom. The molecule has 0 amide bonds. The van der Waals surface area contributed by atoms with Crippen LogP contribution in [0, 0.1) is 10.1 Å². The van der Waals surface area contributed by atoms with Gasteiger partial charge >= 0.3 is 0 Å². The molecule has 0 unspecified atom stereocenters. The molecule has 7 nitrogen and oxygen atoms in total. The second-order valence-electron chi connectivity index (χ2n) is 3.88. The zero-order valence-corrected chi connectivity index (χ0v) is 10.7. The molecule has 0 bridgehead atoms. The fraction of sp³-hybridized carbons (Fsp3) is 0.250. The highest BCUT2D eigenvalue weighted by molar-refractivity contribution is 5.49. The Kier molecular flexibility index (Phi) is 4.14. The van der Waals surface area contributed by atoms with Crippen molar-refractivity contribution < 1.29 is 18.8 Å². The minimum absolute atomic E-state index is 0.0811. The van der Waals surface area contributed by atoms with E-state index in [1.165, 1.54) is 22.9 Å². The zero-order chi connectivity index (χ0) is 14.5. The number of ether oxygens (including phenoxy) is 2. The van der Waals surface area contributed by atoms with Crippen molar-refractivity contribution >= 4 is 5.69 Å². The monoisotopic (exact) mass is 281 g/mol. The molecular weight excluding hydrogens is 269 g/mol. The van der Waals surface area contributed by atoms with Crippen LogP contribution in [0.25, 0.3) is 0 Å². The molecule has 2 rings (SSSR count). The van der Waals surface area contributed by atoms with E-state index < -0.39 is 11.8 Å². The molecule has 0 saturated carbocycles. The predicted octanol–water partition coefficient (Wildman–Crippen LogP) is 2.21. The number of hydrogen-bond acceptors (Lipinski definition) is 5. The van der Waals surface area contributed by atoms with Crippen LogP contribution in [-0.2, 0) is 13.7 Å². The number of hydrogen-bond donors (Lipinski definition) is 0. The molecule has 20 heavy (non-hydrogen) atoms. The van der Waals surface area contributed by atoms with Gasteiger partial charge in [-0.3, -0.25) is 14.8 Å². The van der Waals surface area contributed by atoms with Gasteiger partial charge in [0.2, 0.25) is 12.7 Å². The van der Waals surface area contributed by atoms with E-state index in [0.29, 0.717) is 5.88 Å². The maximum atomic E-state index is 12.3. The van der Waals surface area contributed by atoms with Crippen LogP contribution < -0.4 is 9.47 Å². The van der Waals surface area contributed by atoms with Crippen LogP contribution in [0.4, 0.5) is 10.1 Å². The number of nitro benzene ring substituents is 1. The van der Waals surface area contributed by atoms with E-state index in [-0.39, 0.29) is 23.6 Å². The highest BCUT2D eigenvalue weighted by Crippen LogP contribution is 2.29. The van der Waals surface area contributed by atoms with Gasteiger partial charge in [-0.1, -0.05) is 6.07 Å². The molecule has 0 saturated heterocycles. The van der Waals surface area contributed by atoms with E-state index >= 15 is 0 Å². The highest BCUT2D eigenvalue weighted by Gasteiger charge is 2.19. The van der Waals surface area contributed by atoms with Gasteiger partial charge in [-0.25, -0.2) is 4.39 Å². The van der Waals surface area contributed by atoms with Crippen molar-refractivity contribution in [3.63, 3.8) is 0 Å². The lowest BCUT2D eigenvalue weighted by Gasteiger charge is -2.09. The van der Waals surface area contributed by atoms with Crippen LogP contribution >= 0.6 is 0 Å². The van der Waals surface area contributed by atoms with Crippen LogP contribution in [0.3, 0.4) is 0 Å². The van der Waals surface area contributed by atoms with Crippen molar-refractivity contribution in [2.45, 2.75) is 6.61 Å². The molecule has 8 heteroatoms. The van der Waals surface area contributed by atoms with E-state index in [4.69, 9.17) is 9.47 Å². The first-order chi connectivity index (χ1) is 9.61. The van der Waals surface area contributed by atoms with Crippen molar-refractivity contribution in [3.05, 3.63) is 46.1 Å². The third kappa shape index (κ3) is 3.02. The number of halogens is 1. The van der Waals surface area contributed by atoms with Gasteiger partial charge in [0, 0.05) is 25.4 Å². The van der Waals surface area contributed by atoms with Crippen molar-refractivity contribution in [2.75, 3.05) is 6.86 Å². The Labute approximate surface area is 113 Å². The van der Waals surface area contributed by atoms with Gasteiger partial charge in [-0.05, 0) is 6.07 Å². The largest absolute Gasteiger partial charge is 0.471 e. The van der Waals surface area contributed by atoms with Gasteiger partial charge in [0.05, 0.1) is 4.92 Å². The second-order valence-corrected chi connectivity index (χ2v) is 3.88. The maximum absolute atomic E-state index is 12.3. The SMILES string of the molecule is Cn1ccc(OCc2c(OCF)cccc2[N+](=O)[O-])n1. The predicted molar refractivity (Wildman–Crippen MR) is 67.2 cm³/mol. The van der Waals surface area contributed by atoms with Crippen LogP contribution in [-0.4, -0.2) is 21.6 Å². The van der Waals surface area contributed by atoms with E-state index in [0.717, 1.165) is 0 Å². The van der Waals surface area contributed by atoms with Crippen LogP contribution in [0.2, 0.25) is 0 Å². The van der Waals surface area contributed by atoms with E-state index in [1.807, 2.05) is 0 Å². The Morgan fingerprint density at radius 2 is 2.20 bits per heavy atom. The molecule has 1 heterocycles. The minimum atomic E-state index is -1.07. The summed E-state index contributed by atoms with van der Waals surface area (Å²) in [5.41, 5.74) is -0.0207. The molecule has 106 valence electrons. The smallest absolute Gasteiger partial charge is 0.279 e. The summed E-state index contributed by atoms with van der Waals surface area (Å²) in [6.07, 6.45) is 1.67. The molecular formula is C12H12FN3O4. The molecule has 0 fully saturated rings. The lowest BCUT2D eigenvalue weighted by molar-refractivity contribution is -0.385. The zero-order valence-electron chi connectivity index (χ0n) is 10.7. The van der Waals surface area contributed by atoms with Crippen molar-refractivity contribution in [1.29, 1.82) is 0 Å². The molecule has 0 radical (unpaired) electrons. The van der Waals surface area contributed by atoms with Gasteiger partial charge in [0.15, 0.2) is 0 Å². The molecule has 0 aliphatic heterocycles. The normalized spacial score (nSPS) is 10.3. The molecule has 0 atom stereocenters. The third-order valence-corrected chi connectivity index (χ3v) is 2.57. The molecule has 0 N–H and O–H groups in total. The summed E-state index contributed by atoms with van der Waals surface area (Å²) in [6.45, 7) is -1.21. The Balaban J connectivity index is 2.25. The number of rotatable bonds is 6. The summed E-state index contributed by atoms with van der Waals surface area (Å²) >= 11 is 0. The van der Waals surface area contributed by atoms with Gasteiger partial charge in [-0.2, -0.15) is 0 Å². The van der Waals surface area contributed by atoms with Crippen molar-refractivity contribution in [2.24, 2.45) is 7.05 Å². The Morgan fingerprint density at radius 3 is 2.80 bits per heavy atom. The van der Waals surface area contributed by atoms with Crippen molar-refractivity contribution in [3.8, 4) is 11.6 Å². The fourth-order valence-electron chi connectivity index (χ4n) is 1.68. The van der Waals surface area contributed by atoms with E-state index in [9.17, 15) is 14.5 Å². The number of nitro groups is 1. The third-order valence-electron chi connectivity index (χ3n) is 2.57. The van der Waals surface area contributed by atoms with Crippen LogP contribution in [0.15, 0.2) is 30.5 Å². The summed E-state index contributed by atoms with van der Waals surface area (Å²) in [5, 5.41) is 15.0. The van der Waals surface area contributed by atoms with Gasteiger partial charge < -0.3 is 9.47 Å². The average Bonchev–Trinajstić information content (AvgIpc) is 2.83. The first-order valence-corrected chi connectivity index (χ1v) is 5.69. The maximum Gasteiger partial charge on any atom is 0.279 e. The molecule has 2 aromatic rings. The number of aromatic nitrogens is 2.